The number of para-hydroxylation sites is 1. The number of likely N-dealkylation sites (tertiary alicyclic amines) is 1. The maximum absolute atomic E-state index is 13.1. The highest BCUT2D eigenvalue weighted by Gasteiger charge is 2.23. The third-order valence-corrected chi connectivity index (χ3v) is 7.01. The molecule has 3 aromatic carbocycles. The van der Waals surface area contributed by atoms with Crippen LogP contribution in [0.1, 0.15) is 26.2 Å². The van der Waals surface area contributed by atoms with Crippen LogP contribution in [0.2, 0.25) is 0 Å². The smallest absolute Gasteiger partial charge is 0.457 e. The summed E-state index contributed by atoms with van der Waals surface area (Å²) in [6.45, 7) is 4.17. The van der Waals surface area contributed by atoms with Crippen LogP contribution in [0, 0.1) is 0 Å². The molecule has 0 atom stereocenters. The number of carbonyl (C=O) groups is 2. The van der Waals surface area contributed by atoms with Gasteiger partial charge in [-0.3, -0.25) is 13.9 Å². The van der Waals surface area contributed by atoms with Crippen LogP contribution < -0.4 is 15.7 Å². The van der Waals surface area contributed by atoms with Crippen molar-refractivity contribution < 1.29 is 23.8 Å². The first-order chi connectivity index (χ1) is 20.5. The van der Waals surface area contributed by atoms with E-state index in [4.69, 9.17) is 14.2 Å². The molecular weight excluding hydrogens is 536 g/mol. The molecule has 1 fully saturated rings. The van der Waals surface area contributed by atoms with Crippen LogP contribution >= 0.6 is 0 Å². The summed E-state index contributed by atoms with van der Waals surface area (Å²) in [6, 6.07) is 24.0. The number of benzene rings is 3. The molecule has 42 heavy (non-hydrogen) atoms. The number of anilines is 1. The molecule has 218 valence electrons. The van der Waals surface area contributed by atoms with Gasteiger partial charge in [-0.1, -0.05) is 18.2 Å². The highest BCUT2D eigenvalue weighted by atomic mass is 16.7. The van der Waals surface area contributed by atoms with Crippen LogP contribution in [0.4, 0.5) is 10.5 Å². The van der Waals surface area contributed by atoms with Crippen LogP contribution in [0.25, 0.3) is 11.4 Å². The van der Waals surface area contributed by atoms with Gasteiger partial charge in [0.15, 0.2) is 0 Å². The average Bonchev–Trinajstić information content (AvgIpc) is 3.39. The van der Waals surface area contributed by atoms with Crippen molar-refractivity contribution in [2.45, 2.75) is 32.3 Å². The monoisotopic (exact) mass is 570 g/mol. The van der Waals surface area contributed by atoms with Crippen LogP contribution in [0.5, 0.6) is 11.5 Å². The molecule has 10 heteroatoms. The first-order valence-electron chi connectivity index (χ1n) is 14.1. The van der Waals surface area contributed by atoms with Gasteiger partial charge in [0.25, 0.3) is 0 Å². The summed E-state index contributed by atoms with van der Waals surface area (Å²) in [5.74, 6) is 1.34. The number of piperidine rings is 1. The highest BCUT2D eigenvalue weighted by Crippen LogP contribution is 2.22. The second-order valence-corrected chi connectivity index (χ2v) is 9.92. The molecule has 1 aromatic heterocycles. The van der Waals surface area contributed by atoms with Crippen LogP contribution in [-0.2, 0) is 14.3 Å². The van der Waals surface area contributed by atoms with Crippen LogP contribution in [0.3, 0.4) is 0 Å². The zero-order chi connectivity index (χ0) is 29.3. The summed E-state index contributed by atoms with van der Waals surface area (Å²) in [5.41, 5.74) is 1.86. The molecule has 10 nitrogen and oxygen atoms in total. The number of ether oxygens (including phenoxy) is 3. The molecule has 1 aliphatic heterocycles. The Labute approximate surface area is 244 Å². The lowest BCUT2D eigenvalue weighted by Gasteiger charge is -2.31. The Balaban J connectivity index is 1.11. The molecule has 1 saturated heterocycles. The summed E-state index contributed by atoms with van der Waals surface area (Å²) in [4.78, 5) is 39.4. The summed E-state index contributed by atoms with van der Waals surface area (Å²) < 4.78 is 19.1. The van der Waals surface area contributed by atoms with Crippen LogP contribution in [-0.4, -0.2) is 58.4 Å². The second kappa shape index (κ2) is 13.7. The van der Waals surface area contributed by atoms with Gasteiger partial charge in [0.05, 0.1) is 18.0 Å². The predicted octanol–water partition coefficient (Wildman–Crippen LogP) is 5.39. The SMILES string of the molecule is CCOC(=O)OC1CCN(CCC(=O)Nc2ccc(-n3ccn(-c4ccc(Oc5ccccc5)cc4)c3=O)cc2)CC1. The predicted molar refractivity (Wildman–Crippen MR) is 159 cm³/mol. The molecule has 0 saturated carbocycles. The van der Waals surface area contributed by atoms with Crippen molar-refractivity contribution >= 4 is 17.7 Å². The molecular formula is C32H34N4O6. The van der Waals surface area contributed by atoms with E-state index in [1.807, 2.05) is 54.6 Å². The lowest BCUT2D eigenvalue weighted by molar-refractivity contribution is -0.116. The van der Waals surface area contributed by atoms with E-state index in [0.29, 0.717) is 36.7 Å². The molecule has 1 N–H and O–H groups in total. The topological polar surface area (TPSA) is 104 Å². The fourth-order valence-electron chi connectivity index (χ4n) is 4.80. The average molecular weight is 571 g/mol. The number of nitrogens with one attached hydrogen (secondary N) is 1. The minimum absolute atomic E-state index is 0.0874. The molecule has 4 aromatic rings. The van der Waals surface area contributed by atoms with Gasteiger partial charge in [-0.25, -0.2) is 9.59 Å². The maximum atomic E-state index is 13.1. The van der Waals surface area contributed by atoms with E-state index >= 15 is 0 Å². The number of hydrogen-bond acceptors (Lipinski definition) is 7. The molecule has 0 radical (unpaired) electrons. The van der Waals surface area contributed by atoms with E-state index in [0.717, 1.165) is 37.4 Å². The minimum atomic E-state index is -0.622. The molecule has 5 rings (SSSR count). The van der Waals surface area contributed by atoms with Crippen LogP contribution in [0.15, 0.2) is 96.1 Å². The normalized spacial score (nSPS) is 13.8. The summed E-state index contributed by atoms with van der Waals surface area (Å²) in [6.07, 6.45) is 4.46. The number of amides is 1. The van der Waals surface area contributed by atoms with Gasteiger partial charge in [-0.15, -0.1) is 0 Å². The fraction of sp³-hybridized carbons (Fsp3) is 0.281. The van der Waals surface area contributed by atoms with Crippen molar-refractivity contribution in [3.05, 3.63) is 102 Å². The molecule has 0 spiro atoms. The van der Waals surface area contributed by atoms with Crippen molar-refractivity contribution in [1.82, 2.24) is 14.0 Å². The Bertz CT molecular complexity index is 1520. The van der Waals surface area contributed by atoms with Gasteiger partial charge >= 0.3 is 11.8 Å². The Morgan fingerprint density at radius 1 is 0.833 bits per heavy atom. The van der Waals surface area contributed by atoms with Gasteiger partial charge in [0, 0.05) is 44.1 Å². The second-order valence-electron chi connectivity index (χ2n) is 9.92. The van der Waals surface area contributed by atoms with E-state index < -0.39 is 6.16 Å². The first-order valence-corrected chi connectivity index (χ1v) is 14.1. The Hall–Kier alpha value is -4.83. The van der Waals surface area contributed by atoms with Gasteiger partial charge in [0.1, 0.15) is 17.6 Å². The minimum Gasteiger partial charge on any atom is -0.457 e. The maximum Gasteiger partial charge on any atom is 0.508 e. The van der Waals surface area contributed by atoms with Crippen molar-refractivity contribution in [2.24, 2.45) is 0 Å². The standard InChI is InChI=1S/C32H34N4O6/c1-2-40-32(39)42-29-16-19-34(20-17-29)21-18-30(37)33-24-8-10-25(11-9-24)35-22-23-36(31(35)38)26-12-14-28(15-13-26)41-27-6-4-3-5-7-27/h3-15,22-23,29H,2,16-21H2,1H3,(H,33,37). The fourth-order valence-corrected chi connectivity index (χ4v) is 4.80. The van der Waals surface area contributed by atoms with Crippen molar-refractivity contribution in [3.63, 3.8) is 0 Å². The Morgan fingerprint density at radius 2 is 1.43 bits per heavy atom. The molecule has 1 amide bonds. The summed E-state index contributed by atoms with van der Waals surface area (Å²) in [7, 11) is 0. The number of imidazole rings is 1. The Morgan fingerprint density at radius 3 is 2.05 bits per heavy atom. The van der Waals surface area contributed by atoms with E-state index in [2.05, 4.69) is 10.2 Å². The molecule has 0 unspecified atom stereocenters. The third kappa shape index (κ3) is 7.46. The largest absolute Gasteiger partial charge is 0.508 e. The summed E-state index contributed by atoms with van der Waals surface area (Å²) in [5, 5.41) is 2.92. The van der Waals surface area contributed by atoms with Gasteiger partial charge in [-0.2, -0.15) is 0 Å². The van der Waals surface area contributed by atoms with E-state index in [-0.39, 0.29) is 17.7 Å². The summed E-state index contributed by atoms with van der Waals surface area (Å²) >= 11 is 0. The van der Waals surface area contributed by atoms with Gasteiger partial charge in [0.2, 0.25) is 5.91 Å². The van der Waals surface area contributed by atoms with Gasteiger partial charge < -0.3 is 24.4 Å². The molecule has 1 aliphatic rings. The number of rotatable bonds is 10. The first kappa shape index (κ1) is 28.7. The Kier molecular flexibility index (Phi) is 9.35. The highest BCUT2D eigenvalue weighted by molar-refractivity contribution is 5.90. The third-order valence-electron chi connectivity index (χ3n) is 7.01. The lowest BCUT2D eigenvalue weighted by Crippen LogP contribution is -2.39. The van der Waals surface area contributed by atoms with Crippen molar-refractivity contribution in [1.29, 1.82) is 0 Å². The zero-order valence-electron chi connectivity index (χ0n) is 23.5. The lowest BCUT2D eigenvalue weighted by atomic mass is 10.1. The van der Waals surface area contributed by atoms with E-state index in [9.17, 15) is 14.4 Å². The van der Waals surface area contributed by atoms with Gasteiger partial charge in [-0.05, 0) is 80.4 Å². The number of hydrogen-bond donors (Lipinski definition) is 1. The molecule has 0 bridgehead atoms. The number of aromatic nitrogens is 2. The van der Waals surface area contributed by atoms with E-state index in [1.165, 1.54) is 0 Å². The number of carbonyl (C=O) groups excluding carboxylic acids is 2. The molecule has 0 aliphatic carbocycles. The quantitative estimate of drug-likeness (QED) is 0.255. The molecule has 2 heterocycles. The van der Waals surface area contributed by atoms with E-state index in [1.54, 1.807) is 52.7 Å². The van der Waals surface area contributed by atoms with Crippen molar-refractivity contribution in [2.75, 3.05) is 31.6 Å². The van der Waals surface area contributed by atoms with Crippen molar-refractivity contribution in [3.8, 4) is 22.9 Å². The zero-order valence-corrected chi connectivity index (χ0v) is 23.5. The number of nitrogens with zero attached hydrogens (tertiary/aromatic N) is 3.